The van der Waals surface area contributed by atoms with Crippen molar-refractivity contribution >= 4 is 12.2 Å². The van der Waals surface area contributed by atoms with E-state index in [2.05, 4.69) is 46.2 Å². The van der Waals surface area contributed by atoms with Crippen LogP contribution in [-0.2, 0) is 6.54 Å². The Morgan fingerprint density at radius 1 is 1.35 bits per heavy atom. The number of nitrogens with zero attached hydrogens (tertiary/aromatic N) is 4. The molecular formula is C18H25N5. The molecule has 2 aromatic rings. The van der Waals surface area contributed by atoms with Gasteiger partial charge in [0, 0.05) is 13.1 Å². The molecule has 0 bridgehead atoms. The molecule has 2 heterocycles. The Labute approximate surface area is 137 Å². The van der Waals surface area contributed by atoms with E-state index in [4.69, 9.17) is 5.73 Å². The van der Waals surface area contributed by atoms with Gasteiger partial charge in [0.05, 0.1) is 18.1 Å². The van der Waals surface area contributed by atoms with Gasteiger partial charge in [-0.1, -0.05) is 31.2 Å². The van der Waals surface area contributed by atoms with Crippen molar-refractivity contribution in [3.05, 3.63) is 47.3 Å². The Bertz CT molecular complexity index is 671. The molecule has 5 nitrogen and oxygen atoms in total. The minimum atomic E-state index is 0.412. The summed E-state index contributed by atoms with van der Waals surface area (Å²) in [6.07, 6.45) is 6.31. The molecule has 1 aromatic carbocycles. The lowest BCUT2D eigenvalue weighted by Gasteiger charge is -2.30. The SMILES string of the molecule is Cc1cn(N=Cc2ccc(CN3CCCC(C)C3)cc2)c(N)n1. The van der Waals surface area contributed by atoms with Crippen LogP contribution >= 0.6 is 0 Å². The van der Waals surface area contributed by atoms with E-state index >= 15 is 0 Å². The van der Waals surface area contributed by atoms with Crippen molar-refractivity contribution in [2.45, 2.75) is 33.2 Å². The van der Waals surface area contributed by atoms with E-state index in [1.54, 1.807) is 4.68 Å². The average Bonchev–Trinajstić information content (AvgIpc) is 2.84. The number of hydrogen-bond donors (Lipinski definition) is 1. The lowest BCUT2D eigenvalue weighted by Crippen LogP contribution is -2.33. The number of piperidine rings is 1. The van der Waals surface area contributed by atoms with Gasteiger partial charge in [0.2, 0.25) is 5.95 Å². The smallest absolute Gasteiger partial charge is 0.221 e. The van der Waals surface area contributed by atoms with Gasteiger partial charge in [-0.25, -0.2) is 9.66 Å². The fraction of sp³-hybridized carbons (Fsp3) is 0.444. The van der Waals surface area contributed by atoms with Crippen molar-refractivity contribution in [1.29, 1.82) is 0 Å². The molecule has 5 heteroatoms. The van der Waals surface area contributed by atoms with Crippen LogP contribution in [-0.4, -0.2) is 33.9 Å². The summed E-state index contributed by atoms with van der Waals surface area (Å²) in [5.41, 5.74) is 9.06. The predicted octanol–water partition coefficient (Wildman–Crippen LogP) is 2.89. The predicted molar refractivity (Wildman–Crippen MR) is 94.5 cm³/mol. The molecular weight excluding hydrogens is 286 g/mol. The first-order valence-corrected chi connectivity index (χ1v) is 8.27. The lowest BCUT2D eigenvalue weighted by atomic mass is 10.00. The Hall–Kier alpha value is -2.14. The van der Waals surface area contributed by atoms with Gasteiger partial charge in [-0.15, -0.1) is 0 Å². The van der Waals surface area contributed by atoms with Crippen molar-refractivity contribution in [1.82, 2.24) is 14.6 Å². The first-order valence-electron chi connectivity index (χ1n) is 8.27. The number of aryl methyl sites for hydroxylation is 1. The van der Waals surface area contributed by atoms with Crippen LogP contribution in [0.3, 0.4) is 0 Å². The summed E-state index contributed by atoms with van der Waals surface area (Å²) in [4.78, 5) is 6.68. The number of imidazole rings is 1. The highest BCUT2D eigenvalue weighted by molar-refractivity contribution is 5.79. The highest BCUT2D eigenvalue weighted by Crippen LogP contribution is 2.18. The first kappa shape index (κ1) is 15.7. The van der Waals surface area contributed by atoms with Crippen LogP contribution in [0.2, 0.25) is 0 Å². The number of hydrogen-bond acceptors (Lipinski definition) is 4. The number of nitrogen functional groups attached to an aromatic ring is 1. The summed E-state index contributed by atoms with van der Waals surface area (Å²) in [5, 5.41) is 4.35. The zero-order chi connectivity index (χ0) is 16.2. The monoisotopic (exact) mass is 311 g/mol. The highest BCUT2D eigenvalue weighted by Gasteiger charge is 2.15. The molecule has 0 aliphatic carbocycles. The second-order valence-corrected chi connectivity index (χ2v) is 6.55. The molecule has 122 valence electrons. The summed E-state index contributed by atoms with van der Waals surface area (Å²) < 4.78 is 1.60. The topological polar surface area (TPSA) is 59.4 Å². The first-order chi connectivity index (χ1) is 11.1. The summed E-state index contributed by atoms with van der Waals surface area (Å²) in [7, 11) is 0. The second kappa shape index (κ2) is 6.96. The van der Waals surface area contributed by atoms with Gasteiger partial charge in [-0.3, -0.25) is 4.90 Å². The molecule has 1 aromatic heterocycles. The lowest BCUT2D eigenvalue weighted by molar-refractivity contribution is 0.176. The van der Waals surface area contributed by atoms with Gasteiger partial charge in [-0.2, -0.15) is 5.10 Å². The highest BCUT2D eigenvalue weighted by atomic mass is 15.4. The van der Waals surface area contributed by atoms with Crippen LogP contribution in [0.4, 0.5) is 5.95 Å². The maximum Gasteiger partial charge on any atom is 0.221 e. The van der Waals surface area contributed by atoms with Gasteiger partial charge in [0.25, 0.3) is 0 Å². The fourth-order valence-corrected chi connectivity index (χ4v) is 3.12. The summed E-state index contributed by atoms with van der Waals surface area (Å²) >= 11 is 0. The number of rotatable bonds is 4. The van der Waals surface area contributed by atoms with Crippen LogP contribution in [0, 0.1) is 12.8 Å². The van der Waals surface area contributed by atoms with Crippen molar-refractivity contribution in [2.24, 2.45) is 11.0 Å². The molecule has 1 unspecified atom stereocenters. The van der Waals surface area contributed by atoms with Crippen molar-refractivity contribution in [3.8, 4) is 0 Å². The molecule has 1 atom stereocenters. The van der Waals surface area contributed by atoms with Gasteiger partial charge < -0.3 is 5.73 Å². The minimum absolute atomic E-state index is 0.412. The molecule has 23 heavy (non-hydrogen) atoms. The van der Waals surface area contributed by atoms with Crippen molar-refractivity contribution in [2.75, 3.05) is 18.8 Å². The summed E-state index contributed by atoms with van der Waals surface area (Å²) in [6, 6.07) is 8.57. The molecule has 0 radical (unpaired) electrons. The molecule has 0 amide bonds. The van der Waals surface area contributed by atoms with E-state index in [1.807, 2.05) is 19.3 Å². The largest absolute Gasteiger partial charge is 0.368 e. The molecule has 1 aliphatic rings. The molecule has 1 aliphatic heterocycles. The van der Waals surface area contributed by atoms with Crippen LogP contribution < -0.4 is 5.73 Å². The fourth-order valence-electron chi connectivity index (χ4n) is 3.12. The van der Waals surface area contributed by atoms with Crippen LogP contribution in [0.1, 0.15) is 36.6 Å². The normalized spacial score (nSPS) is 19.5. The molecule has 1 saturated heterocycles. The number of benzene rings is 1. The average molecular weight is 311 g/mol. The summed E-state index contributed by atoms with van der Waals surface area (Å²) in [5.74, 6) is 1.23. The maximum absolute atomic E-state index is 5.78. The van der Waals surface area contributed by atoms with Gasteiger partial charge >= 0.3 is 0 Å². The second-order valence-electron chi connectivity index (χ2n) is 6.55. The van der Waals surface area contributed by atoms with Crippen LogP contribution in [0.15, 0.2) is 35.6 Å². The zero-order valence-corrected chi connectivity index (χ0v) is 13.9. The molecule has 0 saturated carbocycles. The Balaban J connectivity index is 1.61. The Kier molecular flexibility index (Phi) is 4.76. The van der Waals surface area contributed by atoms with Crippen LogP contribution in [0.25, 0.3) is 0 Å². The molecule has 2 N–H and O–H groups in total. The van der Waals surface area contributed by atoms with Crippen molar-refractivity contribution in [3.63, 3.8) is 0 Å². The number of anilines is 1. The number of likely N-dealkylation sites (tertiary alicyclic amines) is 1. The maximum atomic E-state index is 5.78. The Morgan fingerprint density at radius 3 is 2.78 bits per heavy atom. The van der Waals surface area contributed by atoms with Gasteiger partial charge in [-0.05, 0) is 43.4 Å². The van der Waals surface area contributed by atoms with E-state index in [0.29, 0.717) is 5.95 Å². The van der Waals surface area contributed by atoms with E-state index < -0.39 is 0 Å². The number of nitrogens with two attached hydrogens (primary N) is 1. The standard InChI is InChI=1S/C18H25N5/c1-14-4-3-9-22(11-14)13-17-7-5-16(6-8-17)10-20-23-12-15(2)21-18(23)19/h5-8,10,12,14H,3-4,9,11,13H2,1-2H3,(H2,19,21). The third kappa shape index (κ3) is 4.20. The summed E-state index contributed by atoms with van der Waals surface area (Å²) in [6.45, 7) is 7.71. The molecule has 3 rings (SSSR count). The van der Waals surface area contributed by atoms with Gasteiger partial charge in [0.15, 0.2) is 0 Å². The number of aromatic nitrogens is 2. The van der Waals surface area contributed by atoms with Gasteiger partial charge in [0.1, 0.15) is 0 Å². The van der Waals surface area contributed by atoms with Crippen LogP contribution in [0.5, 0.6) is 0 Å². The Morgan fingerprint density at radius 2 is 2.13 bits per heavy atom. The van der Waals surface area contributed by atoms with E-state index in [-0.39, 0.29) is 0 Å². The molecule has 1 fully saturated rings. The van der Waals surface area contributed by atoms with E-state index in [9.17, 15) is 0 Å². The van der Waals surface area contributed by atoms with E-state index in [0.717, 1.165) is 23.7 Å². The zero-order valence-electron chi connectivity index (χ0n) is 13.9. The quantitative estimate of drug-likeness (QED) is 0.883. The molecule has 0 spiro atoms. The van der Waals surface area contributed by atoms with Crippen molar-refractivity contribution < 1.29 is 0 Å². The third-order valence-electron chi connectivity index (χ3n) is 4.29. The third-order valence-corrected chi connectivity index (χ3v) is 4.29. The minimum Gasteiger partial charge on any atom is -0.368 e. The van der Waals surface area contributed by atoms with E-state index in [1.165, 1.54) is 31.5 Å².